The second-order valence-corrected chi connectivity index (χ2v) is 6.42. The molecule has 6 heteroatoms. The molecule has 2 aromatic rings. The molecule has 18 heavy (non-hydrogen) atoms. The Hall–Kier alpha value is 0.0400. The third-order valence-corrected chi connectivity index (χ3v) is 4.60. The average Bonchev–Trinajstić information content (AvgIpc) is 2.38. The van der Waals surface area contributed by atoms with E-state index in [-0.39, 0.29) is 12.4 Å². The van der Waals surface area contributed by atoms with Crippen LogP contribution < -0.4 is 4.74 Å². The van der Waals surface area contributed by atoms with E-state index in [0.29, 0.717) is 11.1 Å². The minimum Gasteiger partial charge on any atom is -0.482 e. The number of ether oxygens (including phenoxy) is 1. The molecule has 0 N–H and O–H groups in total. The number of carbonyl (C=O) groups is 1. The monoisotopic (exact) mass is 531 g/mol. The molecule has 1 aromatic carbocycles. The van der Waals surface area contributed by atoms with E-state index in [2.05, 4.69) is 66.1 Å². The summed E-state index contributed by atoms with van der Waals surface area (Å²) in [7, 11) is 0. The van der Waals surface area contributed by atoms with E-state index in [9.17, 15) is 4.79 Å². The van der Waals surface area contributed by atoms with Crippen LogP contribution in [0.25, 0.3) is 10.9 Å². The van der Waals surface area contributed by atoms with Gasteiger partial charge in [0.05, 0.1) is 8.90 Å². The molecule has 0 aliphatic carbocycles. The number of ketones is 1. The number of Topliss-reactive ketones (excluding diaryl/α,β-unsaturated/α-hetero) is 1. The molecule has 94 valence electrons. The summed E-state index contributed by atoms with van der Waals surface area (Å²) in [6.07, 6.45) is 1.73. The molecule has 0 saturated carbocycles. The lowest BCUT2D eigenvalue weighted by Gasteiger charge is -2.11. The van der Waals surface area contributed by atoms with Gasteiger partial charge in [-0.2, -0.15) is 0 Å². The topological polar surface area (TPSA) is 39.2 Å². The molecule has 0 bridgehead atoms. The van der Waals surface area contributed by atoms with E-state index in [1.807, 2.05) is 18.2 Å². The predicted molar refractivity (Wildman–Crippen MR) is 91.5 cm³/mol. The Morgan fingerprint density at radius 2 is 2.17 bits per heavy atom. The van der Waals surface area contributed by atoms with Crippen LogP contribution in [0.2, 0.25) is 0 Å². The Bertz CT molecular complexity index is 604. The van der Waals surface area contributed by atoms with Crippen molar-refractivity contribution in [3.8, 4) is 5.75 Å². The number of halogens is 3. The largest absolute Gasteiger partial charge is 0.482 e. The van der Waals surface area contributed by atoms with Crippen molar-refractivity contribution < 1.29 is 9.53 Å². The molecule has 0 fully saturated rings. The van der Waals surface area contributed by atoms with Gasteiger partial charge in [-0.3, -0.25) is 9.78 Å². The summed E-state index contributed by atoms with van der Waals surface area (Å²) in [5.74, 6) is 0.689. The lowest BCUT2D eigenvalue weighted by Crippen LogP contribution is -2.13. The number of benzene rings is 1. The maximum Gasteiger partial charge on any atom is 0.180 e. The molecule has 0 amide bonds. The van der Waals surface area contributed by atoms with Crippen LogP contribution >= 0.6 is 61.1 Å². The maximum absolute atomic E-state index is 11.3. The van der Waals surface area contributed by atoms with Gasteiger partial charge in [0, 0.05) is 15.2 Å². The van der Waals surface area contributed by atoms with Crippen molar-refractivity contribution in [3.05, 3.63) is 31.5 Å². The van der Waals surface area contributed by atoms with Crippen molar-refractivity contribution in [1.29, 1.82) is 0 Å². The normalized spacial score (nSPS) is 10.6. The quantitative estimate of drug-likeness (QED) is 0.445. The smallest absolute Gasteiger partial charge is 0.180 e. The number of fused-ring (bicyclic) bond motifs is 1. The first-order chi connectivity index (χ1) is 8.63. The Morgan fingerprint density at radius 1 is 1.39 bits per heavy atom. The van der Waals surface area contributed by atoms with Crippen LogP contribution in [0.5, 0.6) is 5.75 Å². The fraction of sp³-hybridized carbons (Fsp3) is 0.167. The first-order valence-electron chi connectivity index (χ1n) is 5.06. The van der Waals surface area contributed by atoms with E-state index >= 15 is 0 Å². The summed E-state index contributed by atoms with van der Waals surface area (Å²) >= 11 is 7.59. The Morgan fingerprint density at radius 3 is 2.89 bits per heavy atom. The van der Waals surface area contributed by atoms with Crippen LogP contribution in [0.4, 0.5) is 0 Å². The van der Waals surface area contributed by atoms with Gasteiger partial charge >= 0.3 is 0 Å². The Labute approximate surface area is 140 Å². The SMILES string of the molecule is O=C(CBr)COc1c(I)cc(I)c2cccnc12. The summed E-state index contributed by atoms with van der Waals surface area (Å²) in [5.41, 5.74) is 0.802. The molecule has 1 heterocycles. The molecule has 0 unspecified atom stereocenters. The number of aromatic nitrogens is 1. The minimum atomic E-state index is 0.00781. The van der Waals surface area contributed by atoms with Gasteiger partial charge in [0.15, 0.2) is 11.5 Å². The highest BCUT2D eigenvalue weighted by molar-refractivity contribution is 14.1. The average molecular weight is 532 g/mol. The van der Waals surface area contributed by atoms with Gasteiger partial charge in [-0.05, 0) is 57.3 Å². The number of rotatable bonds is 4. The Balaban J connectivity index is 2.46. The highest BCUT2D eigenvalue weighted by Crippen LogP contribution is 2.32. The molecule has 0 spiro atoms. The standard InChI is InChI=1S/C12H8BrI2NO2/c13-5-7(17)6-18-12-10(15)4-9(14)8-2-1-3-16-11(8)12/h1-4H,5-6H2. The molecule has 0 atom stereocenters. The number of hydrogen-bond donors (Lipinski definition) is 0. The molecular weight excluding hydrogens is 524 g/mol. The fourth-order valence-corrected chi connectivity index (χ4v) is 3.70. The zero-order valence-electron chi connectivity index (χ0n) is 9.12. The van der Waals surface area contributed by atoms with Crippen LogP contribution in [0.3, 0.4) is 0 Å². The third-order valence-electron chi connectivity index (χ3n) is 2.28. The fourth-order valence-electron chi connectivity index (χ4n) is 1.48. The van der Waals surface area contributed by atoms with Crippen LogP contribution in [0.1, 0.15) is 0 Å². The molecule has 2 rings (SSSR count). The molecule has 0 aliphatic heterocycles. The van der Waals surface area contributed by atoms with E-state index in [4.69, 9.17) is 4.74 Å². The summed E-state index contributed by atoms with van der Waals surface area (Å²) in [6, 6.07) is 5.92. The first kappa shape index (κ1) is 14.4. The Kier molecular flexibility index (Phi) is 5.19. The van der Waals surface area contributed by atoms with Crippen LogP contribution in [0, 0.1) is 7.14 Å². The van der Waals surface area contributed by atoms with Crippen molar-refractivity contribution in [2.75, 3.05) is 11.9 Å². The highest BCUT2D eigenvalue weighted by Gasteiger charge is 2.12. The van der Waals surface area contributed by atoms with Crippen molar-refractivity contribution in [2.45, 2.75) is 0 Å². The van der Waals surface area contributed by atoms with Crippen LogP contribution in [-0.2, 0) is 4.79 Å². The van der Waals surface area contributed by atoms with Gasteiger partial charge in [-0.15, -0.1) is 0 Å². The van der Waals surface area contributed by atoms with Crippen molar-refractivity contribution in [1.82, 2.24) is 4.98 Å². The lowest BCUT2D eigenvalue weighted by atomic mass is 10.2. The third kappa shape index (κ3) is 3.13. The molecule has 3 nitrogen and oxygen atoms in total. The maximum atomic E-state index is 11.3. The second-order valence-electron chi connectivity index (χ2n) is 3.53. The number of nitrogens with zero attached hydrogens (tertiary/aromatic N) is 1. The van der Waals surface area contributed by atoms with Gasteiger partial charge < -0.3 is 4.74 Å². The zero-order valence-corrected chi connectivity index (χ0v) is 15.0. The van der Waals surface area contributed by atoms with Crippen LogP contribution in [-0.4, -0.2) is 22.7 Å². The zero-order chi connectivity index (χ0) is 13.1. The van der Waals surface area contributed by atoms with E-state index in [1.165, 1.54) is 0 Å². The van der Waals surface area contributed by atoms with Crippen LogP contribution in [0.15, 0.2) is 24.4 Å². The molecule has 0 radical (unpaired) electrons. The van der Waals surface area contributed by atoms with Gasteiger partial charge in [0.25, 0.3) is 0 Å². The minimum absolute atomic E-state index is 0.00781. The molecule has 0 saturated heterocycles. The molecule has 0 aliphatic rings. The second kappa shape index (κ2) is 6.47. The summed E-state index contributed by atoms with van der Waals surface area (Å²) in [6.45, 7) is 0.0630. The van der Waals surface area contributed by atoms with Crippen molar-refractivity contribution in [2.24, 2.45) is 0 Å². The number of carbonyl (C=O) groups excluding carboxylic acids is 1. The molecular formula is C12H8BrI2NO2. The van der Waals surface area contributed by atoms with Gasteiger partial charge in [0.1, 0.15) is 12.1 Å². The first-order valence-corrected chi connectivity index (χ1v) is 8.34. The van der Waals surface area contributed by atoms with Gasteiger partial charge in [-0.1, -0.05) is 22.0 Å². The van der Waals surface area contributed by atoms with Crippen molar-refractivity contribution >= 4 is 77.8 Å². The van der Waals surface area contributed by atoms with Crippen molar-refractivity contribution in [3.63, 3.8) is 0 Å². The lowest BCUT2D eigenvalue weighted by molar-refractivity contribution is -0.118. The number of hydrogen-bond acceptors (Lipinski definition) is 3. The van der Waals surface area contributed by atoms with E-state index in [0.717, 1.165) is 18.0 Å². The highest BCUT2D eigenvalue weighted by atomic mass is 127. The molecule has 1 aromatic heterocycles. The van der Waals surface area contributed by atoms with E-state index < -0.39 is 0 Å². The number of alkyl halides is 1. The number of pyridine rings is 1. The summed E-state index contributed by atoms with van der Waals surface area (Å²) in [5, 5.41) is 1.35. The van der Waals surface area contributed by atoms with Gasteiger partial charge in [0.2, 0.25) is 0 Å². The van der Waals surface area contributed by atoms with E-state index in [1.54, 1.807) is 6.20 Å². The van der Waals surface area contributed by atoms with Gasteiger partial charge in [-0.25, -0.2) is 0 Å². The summed E-state index contributed by atoms with van der Waals surface area (Å²) in [4.78, 5) is 15.7. The predicted octanol–water partition coefficient (Wildman–Crippen LogP) is 3.79. The summed E-state index contributed by atoms with van der Waals surface area (Å²) < 4.78 is 7.69.